The van der Waals surface area contributed by atoms with Crippen molar-refractivity contribution in [2.45, 2.75) is 39.3 Å². The number of esters is 1. The van der Waals surface area contributed by atoms with Gasteiger partial charge < -0.3 is 4.74 Å². The number of alkyl halides is 1. The summed E-state index contributed by atoms with van der Waals surface area (Å²) in [5, 5.41) is 0. The molecule has 0 saturated heterocycles. The predicted molar refractivity (Wildman–Crippen MR) is 58.4 cm³/mol. The first-order chi connectivity index (χ1) is 6.66. The summed E-state index contributed by atoms with van der Waals surface area (Å²) >= 11 is 1.51. The lowest BCUT2D eigenvalue weighted by atomic mass is 10.2. The molecule has 0 bridgehead atoms. The van der Waals surface area contributed by atoms with Crippen molar-refractivity contribution in [3.05, 3.63) is 0 Å². The van der Waals surface area contributed by atoms with Gasteiger partial charge in [-0.1, -0.05) is 6.92 Å². The van der Waals surface area contributed by atoms with Gasteiger partial charge in [0.05, 0.1) is 18.5 Å². The maximum absolute atomic E-state index is 12.4. The number of thioether (sulfide) groups is 1. The Kier molecular flexibility index (Phi) is 9.14. The Bertz CT molecular complexity index is 151. The minimum absolute atomic E-state index is 0.162. The van der Waals surface area contributed by atoms with Gasteiger partial charge in [0.1, 0.15) is 0 Å². The van der Waals surface area contributed by atoms with Crippen molar-refractivity contribution in [3.63, 3.8) is 0 Å². The number of hydrogen-bond acceptors (Lipinski definition) is 3. The van der Waals surface area contributed by atoms with Crippen molar-refractivity contribution in [3.8, 4) is 0 Å². The largest absolute Gasteiger partial charge is 0.465 e. The van der Waals surface area contributed by atoms with Crippen molar-refractivity contribution in [1.82, 2.24) is 0 Å². The van der Waals surface area contributed by atoms with E-state index in [1.165, 1.54) is 11.8 Å². The average molecular weight is 222 g/mol. The Morgan fingerprint density at radius 3 is 2.86 bits per heavy atom. The molecule has 14 heavy (non-hydrogen) atoms. The standard InChI is InChI=1S/C10H19FO2S/c1-3-6-13-10(12)8-14-7-4-5-9(2)11/h9H,3-8H2,1-2H3. The van der Waals surface area contributed by atoms with Gasteiger partial charge in [0.15, 0.2) is 0 Å². The van der Waals surface area contributed by atoms with Gasteiger partial charge in [-0.05, 0) is 31.9 Å². The molecule has 0 spiro atoms. The predicted octanol–water partition coefficient (Wildman–Crippen LogP) is 2.81. The molecule has 0 saturated carbocycles. The summed E-state index contributed by atoms with van der Waals surface area (Å²) < 4.78 is 17.2. The highest BCUT2D eigenvalue weighted by Crippen LogP contribution is 2.08. The van der Waals surface area contributed by atoms with Gasteiger partial charge in [-0.3, -0.25) is 4.79 Å². The zero-order valence-electron chi connectivity index (χ0n) is 8.92. The van der Waals surface area contributed by atoms with Gasteiger partial charge in [-0.25, -0.2) is 4.39 Å². The van der Waals surface area contributed by atoms with E-state index in [1.54, 1.807) is 6.92 Å². The van der Waals surface area contributed by atoms with E-state index in [0.717, 1.165) is 18.6 Å². The van der Waals surface area contributed by atoms with E-state index in [-0.39, 0.29) is 5.97 Å². The normalized spacial score (nSPS) is 12.5. The topological polar surface area (TPSA) is 26.3 Å². The molecule has 84 valence electrons. The van der Waals surface area contributed by atoms with Crippen LogP contribution in [-0.2, 0) is 9.53 Å². The molecule has 0 fully saturated rings. The first kappa shape index (κ1) is 13.8. The minimum atomic E-state index is -0.734. The number of hydrogen-bond donors (Lipinski definition) is 0. The van der Waals surface area contributed by atoms with Gasteiger partial charge >= 0.3 is 5.97 Å². The number of carbonyl (C=O) groups excluding carboxylic acids is 1. The van der Waals surface area contributed by atoms with Crippen LogP contribution in [0.2, 0.25) is 0 Å². The van der Waals surface area contributed by atoms with Crippen LogP contribution in [0.15, 0.2) is 0 Å². The Morgan fingerprint density at radius 2 is 2.29 bits per heavy atom. The fourth-order valence-corrected chi connectivity index (χ4v) is 1.64. The number of rotatable bonds is 8. The van der Waals surface area contributed by atoms with Gasteiger partial charge in [-0.2, -0.15) is 11.8 Å². The van der Waals surface area contributed by atoms with E-state index in [4.69, 9.17) is 4.74 Å². The molecule has 0 heterocycles. The lowest BCUT2D eigenvalue weighted by Gasteiger charge is -2.03. The molecule has 0 aliphatic heterocycles. The third-order valence-corrected chi connectivity index (χ3v) is 2.59. The smallest absolute Gasteiger partial charge is 0.315 e. The molecule has 0 radical (unpaired) electrons. The van der Waals surface area contributed by atoms with Crippen molar-refractivity contribution in [1.29, 1.82) is 0 Å². The Morgan fingerprint density at radius 1 is 1.57 bits per heavy atom. The summed E-state index contributed by atoms with van der Waals surface area (Å²) in [6.07, 6.45) is 1.53. The molecule has 1 unspecified atom stereocenters. The third kappa shape index (κ3) is 9.84. The molecular weight excluding hydrogens is 203 g/mol. The molecule has 0 N–H and O–H groups in total. The average Bonchev–Trinajstić information content (AvgIpc) is 2.13. The number of ether oxygens (including phenoxy) is 1. The molecule has 0 aromatic carbocycles. The van der Waals surface area contributed by atoms with Crippen molar-refractivity contribution in [2.75, 3.05) is 18.1 Å². The lowest BCUT2D eigenvalue weighted by Crippen LogP contribution is -2.08. The summed E-state index contributed by atoms with van der Waals surface area (Å²) in [5.41, 5.74) is 0. The van der Waals surface area contributed by atoms with E-state index in [9.17, 15) is 9.18 Å². The molecule has 0 rings (SSSR count). The second kappa shape index (κ2) is 9.31. The van der Waals surface area contributed by atoms with Crippen LogP contribution in [-0.4, -0.2) is 30.3 Å². The van der Waals surface area contributed by atoms with E-state index in [1.807, 2.05) is 6.92 Å². The summed E-state index contributed by atoms with van der Waals surface area (Å²) in [5.74, 6) is 1.06. The fourth-order valence-electron chi connectivity index (χ4n) is 0.880. The zero-order valence-corrected chi connectivity index (χ0v) is 9.74. The van der Waals surface area contributed by atoms with Crippen LogP contribution in [0.25, 0.3) is 0 Å². The highest BCUT2D eigenvalue weighted by molar-refractivity contribution is 7.99. The van der Waals surface area contributed by atoms with Crippen LogP contribution in [0.3, 0.4) is 0 Å². The van der Waals surface area contributed by atoms with Crippen LogP contribution in [0.1, 0.15) is 33.1 Å². The first-order valence-electron chi connectivity index (χ1n) is 5.04. The molecule has 0 aromatic heterocycles. The molecule has 0 aliphatic rings. The van der Waals surface area contributed by atoms with Crippen molar-refractivity contribution in [2.24, 2.45) is 0 Å². The Hall–Kier alpha value is -0.250. The molecule has 0 amide bonds. The fraction of sp³-hybridized carbons (Fsp3) is 0.900. The second-order valence-electron chi connectivity index (χ2n) is 3.20. The van der Waals surface area contributed by atoms with E-state index < -0.39 is 6.17 Å². The van der Waals surface area contributed by atoms with Crippen molar-refractivity contribution < 1.29 is 13.9 Å². The highest BCUT2D eigenvalue weighted by atomic mass is 32.2. The summed E-state index contributed by atoms with van der Waals surface area (Å²) in [7, 11) is 0. The van der Waals surface area contributed by atoms with Crippen LogP contribution < -0.4 is 0 Å². The Balaban J connectivity index is 3.15. The quantitative estimate of drug-likeness (QED) is 0.466. The third-order valence-electron chi connectivity index (χ3n) is 1.58. The van der Waals surface area contributed by atoms with E-state index in [2.05, 4.69) is 0 Å². The number of carbonyl (C=O) groups is 1. The SMILES string of the molecule is CCCOC(=O)CSCCCC(C)F. The zero-order chi connectivity index (χ0) is 10.8. The molecule has 1 atom stereocenters. The summed E-state index contributed by atoms with van der Waals surface area (Å²) in [6.45, 7) is 4.02. The minimum Gasteiger partial charge on any atom is -0.465 e. The molecule has 0 aliphatic carbocycles. The van der Waals surface area contributed by atoms with Gasteiger partial charge in [0.2, 0.25) is 0 Å². The number of halogens is 1. The van der Waals surface area contributed by atoms with Crippen LogP contribution in [0, 0.1) is 0 Å². The first-order valence-corrected chi connectivity index (χ1v) is 6.19. The summed E-state index contributed by atoms with van der Waals surface area (Å²) in [6, 6.07) is 0. The molecule has 0 aromatic rings. The lowest BCUT2D eigenvalue weighted by molar-refractivity contribution is -0.140. The van der Waals surface area contributed by atoms with Crippen LogP contribution in [0.5, 0.6) is 0 Å². The maximum Gasteiger partial charge on any atom is 0.315 e. The molecule has 2 nitrogen and oxygen atoms in total. The van der Waals surface area contributed by atoms with Crippen LogP contribution >= 0.6 is 11.8 Å². The monoisotopic (exact) mass is 222 g/mol. The van der Waals surface area contributed by atoms with Crippen LogP contribution in [0.4, 0.5) is 4.39 Å². The van der Waals surface area contributed by atoms with Gasteiger partial charge in [-0.15, -0.1) is 0 Å². The Labute approximate surface area is 89.6 Å². The van der Waals surface area contributed by atoms with E-state index in [0.29, 0.717) is 18.8 Å². The van der Waals surface area contributed by atoms with Gasteiger partial charge in [0, 0.05) is 0 Å². The highest BCUT2D eigenvalue weighted by Gasteiger charge is 2.02. The van der Waals surface area contributed by atoms with E-state index >= 15 is 0 Å². The molecule has 4 heteroatoms. The van der Waals surface area contributed by atoms with Crippen molar-refractivity contribution >= 4 is 17.7 Å². The molecular formula is C10H19FO2S. The second-order valence-corrected chi connectivity index (χ2v) is 4.30. The van der Waals surface area contributed by atoms with Gasteiger partial charge in [0.25, 0.3) is 0 Å². The maximum atomic E-state index is 12.4. The summed E-state index contributed by atoms with van der Waals surface area (Å²) in [4.78, 5) is 11.0.